The molecule has 82 valence electrons. The molecule has 1 N–H and O–H groups in total. The van der Waals surface area contributed by atoms with Crippen molar-refractivity contribution < 1.29 is 9.53 Å². The van der Waals surface area contributed by atoms with Gasteiger partial charge in [0.15, 0.2) is 0 Å². The molecule has 0 spiro atoms. The van der Waals surface area contributed by atoms with E-state index >= 15 is 0 Å². The standard InChI is InChI=1S/C11H11N3O2/c1-2-16-11(15)10-7-9(13-14-10)8-3-5-12-6-4-8/h3-7H,2H2,1H3,(H,13,14). The molecule has 2 aromatic heterocycles. The molecule has 16 heavy (non-hydrogen) atoms. The Kier molecular flexibility index (Phi) is 2.95. The van der Waals surface area contributed by atoms with Crippen molar-refractivity contribution in [3.05, 3.63) is 36.3 Å². The number of ether oxygens (including phenoxy) is 1. The number of hydrogen-bond acceptors (Lipinski definition) is 4. The zero-order chi connectivity index (χ0) is 11.4. The summed E-state index contributed by atoms with van der Waals surface area (Å²) in [5, 5.41) is 6.68. The molecule has 0 aliphatic rings. The summed E-state index contributed by atoms with van der Waals surface area (Å²) in [5.74, 6) is -0.393. The van der Waals surface area contributed by atoms with Crippen LogP contribution in [0.25, 0.3) is 11.3 Å². The van der Waals surface area contributed by atoms with Crippen LogP contribution in [0.1, 0.15) is 17.4 Å². The predicted octanol–water partition coefficient (Wildman–Crippen LogP) is 1.65. The molecule has 5 heteroatoms. The third kappa shape index (κ3) is 2.08. The molecule has 2 rings (SSSR count). The fourth-order valence-electron chi connectivity index (χ4n) is 1.31. The smallest absolute Gasteiger partial charge is 0.356 e. The molecule has 0 atom stereocenters. The van der Waals surface area contributed by atoms with Crippen LogP contribution >= 0.6 is 0 Å². The third-order valence-corrected chi connectivity index (χ3v) is 2.05. The summed E-state index contributed by atoms with van der Waals surface area (Å²) in [6, 6.07) is 5.31. The minimum atomic E-state index is -0.393. The lowest BCUT2D eigenvalue weighted by Gasteiger charge is -1.96. The maximum atomic E-state index is 11.4. The monoisotopic (exact) mass is 217 g/mol. The first-order valence-electron chi connectivity index (χ1n) is 4.94. The average molecular weight is 217 g/mol. The molecule has 0 aliphatic heterocycles. The highest BCUT2D eigenvalue weighted by Gasteiger charge is 2.11. The van der Waals surface area contributed by atoms with Gasteiger partial charge in [0.05, 0.1) is 12.3 Å². The second-order valence-corrected chi connectivity index (χ2v) is 3.12. The highest BCUT2D eigenvalue weighted by Crippen LogP contribution is 2.16. The number of nitrogens with one attached hydrogen (secondary N) is 1. The SMILES string of the molecule is CCOC(=O)c1cc(-c2ccncc2)n[nH]1. The van der Waals surface area contributed by atoms with Crippen molar-refractivity contribution in [2.75, 3.05) is 6.61 Å². The van der Waals surface area contributed by atoms with Crippen LogP contribution in [0.3, 0.4) is 0 Å². The Hall–Kier alpha value is -2.17. The Morgan fingerprint density at radius 2 is 2.19 bits per heavy atom. The van der Waals surface area contributed by atoms with Gasteiger partial charge in [-0.15, -0.1) is 0 Å². The molecule has 0 amide bonds. The normalized spacial score (nSPS) is 10.1. The first-order valence-corrected chi connectivity index (χ1v) is 4.94. The number of carbonyl (C=O) groups is 1. The number of nitrogens with zero attached hydrogens (tertiary/aromatic N) is 2. The number of aromatic nitrogens is 3. The number of carbonyl (C=O) groups excluding carboxylic acids is 1. The summed E-state index contributed by atoms with van der Waals surface area (Å²) in [4.78, 5) is 15.3. The van der Waals surface area contributed by atoms with Crippen molar-refractivity contribution >= 4 is 5.97 Å². The molecule has 0 saturated heterocycles. The molecule has 0 unspecified atom stereocenters. The number of esters is 1. The molecule has 5 nitrogen and oxygen atoms in total. The summed E-state index contributed by atoms with van der Waals surface area (Å²) in [5.41, 5.74) is 1.96. The number of pyridine rings is 1. The van der Waals surface area contributed by atoms with Gasteiger partial charge in [-0.1, -0.05) is 0 Å². The largest absolute Gasteiger partial charge is 0.461 e. The second-order valence-electron chi connectivity index (χ2n) is 3.12. The van der Waals surface area contributed by atoms with Crippen LogP contribution in [-0.4, -0.2) is 27.8 Å². The highest BCUT2D eigenvalue weighted by molar-refractivity contribution is 5.88. The zero-order valence-electron chi connectivity index (χ0n) is 8.80. The number of rotatable bonds is 3. The van der Waals surface area contributed by atoms with Crippen LogP contribution in [0.2, 0.25) is 0 Å². The van der Waals surface area contributed by atoms with Gasteiger partial charge in [0.25, 0.3) is 0 Å². The second kappa shape index (κ2) is 4.57. The summed E-state index contributed by atoms with van der Waals surface area (Å²) < 4.78 is 4.85. The van der Waals surface area contributed by atoms with Crippen LogP contribution in [0.5, 0.6) is 0 Å². The number of H-pyrrole nitrogens is 1. The van der Waals surface area contributed by atoms with Gasteiger partial charge < -0.3 is 4.74 Å². The first kappa shape index (κ1) is 10.4. The van der Waals surface area contributed by atoms with E-state index < -0.39 is 5.97 Å². The molecule has 0 saturated carbocycles. The maximum Gasteiger partial charge on any atom is 0.356 e. The first-order chi connectivity index (χ1) is 7.81. The predicted molar refractivity (Wildman–Crippen MR) is 57.8 cm³/mol. The summed E-state index contributed by atoms with van der Waals surface area (Å²) in [7, 11) is 0. The topological polar surface area (TPSA) is 67.9 Å². The molecule has 0 aliphatic carbocycles. The van der Waals surface area contributed by atoms with E-state index in [2.05, 4.69) is 15.2 Å². The third-order valence-electron chi connectivity index (χ3n) is 2.05. The van der Waals surface area contributed by atoms with Gasteiger partial charge in [-0.2, -0.15) is 5.10 Å². The van der Waals surface area contributed by atoms with E-state index in [4.69, 9.17) is 4.74 Å². The minimum absolute atomic E-state index is 0.350. The molecule has 0 fully saturated rings. The highest BCUT2D eigenvalue weighted by atomic mass is 16.5. The van der Waals surface area contributed by atoms with Crippen LogP contribution in [-0.2, 0) is 4.74 Å². The van der Waals surface area contributed by atoms with Gasteiger partial charge in [0, 0.05) is 18.0 Å². The molecule has 0 bridgehead atoms. The molecule has 2 aromatic rings. The van der Waals surface area contributed by atoms with E-state index in [9.17, 15) is 4.79 Å². The lowest BCUT2D eigenvalue weighted by molar-refractivity contribution is 0.0519. The van der Waals surface area contributed by atoms with Crippen LogP contribution in [0.4, 0.5) is 0 Å². The van der Waals surface area contributed by atoms with Crippen molar-refractivity contribution in [1.29, 1.82) is 0 Å². The molecule has 2 heterocycles. The van der Waals surface area contributed by atoms with Crippen molar-refractivity contribution in [2.24, 2.45) is 0 Å². The average Bonchev–Trinajstić information content (AvgIpc) is 2.80. The quantitative estimate of drug-likeness (QED) is 0.794. The van der Waals surface area contributed by atoms with Crippen molar-refractivity contribution in [1.82, 2.24) is 15.2 Å². The summed E-state index contributed by atoms with van der Waals surface area (Å²) in [6.07, 6.45) is 3.35. The fourth-order valence-corrected chi connectivity index (χ4v) is 1.31. The minimum Gasteiger partial charge on any atom is -0.461 e. The Morgan fingerprint density at radius 1 is 1.44 bits per heavy atom. The molecular weight excluding hydrogens is 206 g/mol. The molecular formula is C11H11N3O2. The van der Waals surface area contributed by atoms with Crippen LogP contribution in [0.15, 0.2) is 30.6 Å². The van der Waals surface area contributed by atoms with E-state index in [0.29, 0.717) is 18.0 Å². The van der Waals surface area contributed by atoms with E-state index in [0.717, 1.165) is 5.56 Å². The van der Waals surface area contributed by atoms with Crippen molar-refractivity contribution in [3.63, 3.8) is 0 Å². The van der Waals surface area contributed by atoms with Gasteiger partial charge in [-0.05, 0) is 25.1 Å². The lowest BCUT2D eigenvalue weighted by atomic mass is 10.2. The van der Waals surface area contributed by atoms with Gasteiger partial charge in [0.2, 0.25) is 0 Å². The molecule has 0 radical (unpaired) electrons. The van der Waals surface area contributed by atoms with Gasteiger partial charge in [-0.25, -0.2) is 4.79 Å². The Bertz CT molecular complexity index is 479. The molecule has 0 aromatic carbocycles. The lowest BCUT2D eigenvalue weighted by Crippen LogP contribution is -2.04. The van der Waals surface area contributed by atoms with E-state index in [-0.39, 0.29) is 0 Å². The van der Waals surface area contributed by atoms with Crippen LogP contribution < -0.4 is 0 Å². The van der Waals surface area contributed by atoms with Crippen molar-refractivity contribution in [3.8, 4) is 11.3 Å². The summed E-state index contributed by atoms with van der Waals surface area (Å²) in [6.45, 7) is 2.11. The summed E-state index contributed by atoms with van der Waals surface area (Å²) >= 11 is 0. The number of aromatic amines is 1. The number of hydrogen-bond donors (Lipinski definition) is 1. The van der Waals surface area contributed by atoms with E-state index in [1.807, 2.05) is 12.1 Å². The van der Waals surface area contributed by atoms with Crippen LogP contribution in [0, 0.1) is 0 Å². The zero-order valence-corrected chi connectivity index (χ0v) is 8.80. The fraction of sp³-hybridized carbons (Fsp3) is 0.182. The Balaban J connectivity index is 2.23. The van der Waals surface area contributed by atoms with Gasteiger partial charge in [-0.3, -0.25) is 10.1 Å². The maximum absolute atomic E-state index is 11.4. The Morgan fingerprint density at radius 3 is 2.88 bits per heavy atom. The van der Waals surface area contributed by atoms with Crippen molar-refractivity contribution in [2.45, 2.75) is 6.92 Å². The van der Waals surface area contributed by atoms with Gasteiger partial charge in [0.1, 0.15) is 5.69 Å². The Labute approximate surface area is 92.5 Å². The van der Waals surface area contributed by atoms with E-state index in [1.165, 1.54) is 0 Å². The van der Waals surface area contributed by atoms with E-state index in [1.54, 1.807) is 25.4 Å². The van der Waals surface area contributed by atoms with Gasteiger partial charge >= 0.3 is 5.97 Å².